The molecule has 0 saturated carbocycles. The number of carboxylic acid groups (broad SMARTS) is 1. The lowest BCUT2D eigenvalue weighted by Crippen LogP contribution is -2.41. The standard InChI is InChI=1S/C38H36N7O12P/c1-4-53-58(52,54-5-2)55-21-23-7-13-27(14-8-23)56-37(51)28-15-6-22(3)18-30(28)57-31(46)17-16-29(36(49)50)43-34(47)24-9-11-25(12-10-24)40-19-26-20-41-33-32(42-26)35(48)45-38(39)44-33/h1,6-15,18,20,29,40H,5,16-17,19,21H2,2-3H3,(H,43,47)(H,49,50)(H3,39,41,44,45,48)/t29-,58?/m0/s1. The van der Waals surface area contributed by atoms with E-state index in [1.807, 2.05) is 0 Å². The zero-order chi connectivity index (χ0) is 41.8. The number of carbonyl (C=O) groups is 4. The van der Waals surface area contributed by atoms with E-state index in [0.29, 0.717) is 22.5 Å². The van der Waals surface area contributed by atoms with E-state index in [-0.39, 0.29) is 65.9 Å². The Hall–Kier alpha value is -7.13. The third-order valence-electron chi connectivity index (χ3n) is 7.91. The van der Waals surface area contributed by atoms with Gasteiger partial charge in [-0.25, -0.2) is 24.1 Å². The second-order valence-corrected chi connectivity index (χ2v) is 13.8. The molecule has 300 valence electrons. The second kappa shape index (κ2) is 19.1. The van der Waals surface area contributed by atoms with Gasteiger partial charge in [0.1, 0.15) is 29.2 Å². The summed E-state index contributed by atoms with van der Waals surface area (Å²) in [6.45, 7) is 3.34. The average molecular weight is 814 g/mol. The number of hydrogen-bond donors (Lipinski definition) is 5. The van der Waals surface area contributed by atoms with Gasteiger partial charge in [0.25, 0.3) is 5.91 Å². The van der Waals surface area contributed by atoms with Crippen molar-refractivity contribution in [3.8, 4) is 24.0 Å². The van der Waals surface area contributed by atoms with E-state index in [2.05, 4.69) is 35.1 Å². The molecule has 6 N–H and O–H groups in total. The number of rotatable bonds is 18. The Balaban J connectivity index is 1.13. The fourth-order valence-electron chi connectivity index (χ4n) is 5.09. The molecule has 1 unspecified atom stereocenters. The molecule has 5 rings (SSSR count). The quantitative estimate of drug-likeness (QED) is 0.0357. The molecule has 0 saturated heterocycles. The van der Waals surface area contributed by atoms with Gasteiger partial charge in [-0.15, -0.1) is 0 Å². The van der Waals surface area contributed by atoms with Crippen molar-refractivity contribution in [3.63, 3.8) is 0 Å². The molecular weight excluding hydrogens is 777 g/mol. The van der Waals surface area contributed by atoms with E-state index in [0.717, 1.165) is 0 Å². The molecule has 0 aliphatic rings. The number of nitrogens with two attached hydrogens (primary N) is 1. The van der Waals surface area contributed by atoms with Crippen LogP contribution in [-0.4, -0.2) is 61.5 Å². The number of fused-ring (bicyclic) bond motifs is 1. The number of aryl methyl sites for hydroxylation is 1. The van der Waals surface area contributed by atoms with Crippen molar-refractivity contribution >= 4 is 54.4 Å². The van der Waals surface area contributed by atoms with Gasteiger partial charge in [0, 0.05) is 17.7 Å². The molecule has 0 aliphatic heterocycles. The summed E-state index contributed by atoms with van der Waals surface area (Å²) >= 11 is 0. The average Bonchev–Trinajstić information content (AvgIpc) is 3.18. The van der Waals surface area contributed by atoms with Crippen LogP contribution in [0.5, 0.6) is 11.5 Å². The fourth-order valence-corrected chi connectivity index (χ4v) is 6.03. The van der Waals surface area contributed by atoms with Crippen molar-refractivity contribution in [3.05, 3.63) is 111 Å². The van der Waals surface area contributed by atoms with Crippen LogP contribution in [0.3, 0.4) is 0 Å². The van der Waals surface area contributed by atoms with E-state index in [1.165, 1.54) is 42.6 Å². The number of H-pyrrole nitrogens is 1. The molecule has 0 fully saturated rings. The number of aliphatic carboxylic acids is 1. The fraction of sp³-hybridized carbons (Fsp3) is 0.211. The highest BCUT2D eigenvalue weighted by atomic mass is 31.2. The van der Waals surface area contributed by atoms with Crippen molar-refractivity contribution in [2.45, 2.75) is 45.9 Å². The first-order valence-electron chi connectivity index (χ1n) is 17.3. The number of aromatic nitrogens is 4. The lowest BCUT2D eigenvalue weighted by molar-refractivity contribution is -0.140. The number of nitrogens with one attached hydrogen (secondary N) is 3. The van der Waals surface area contributed by atoms with Crippen LogP contribution in [0, 0.1) is 19.5 Å². The first-order valence-corrected chi connectivity index (χ1v) is 18.8. The summed E-state index contributed by atoms with van der Waals surface area (Å²) in [4.78, 5) is 77.8. The lowest BCUT2D eigenvalue weighted by atomic mass is 10.1. The van der Waals surface area contributed by atoms with Gasteiger partial charge in [-0.1, -0.05) is 24.6 Å². The van der Waals surface area contributed by atoms with E-state index in [4.69, 9.17) is 30.7 Å². The number of benzene rings is 3. The van der Waals surface area contributed by atoms with Crippen molar-refractivity contribution < 1.29 is 51.9 Å². The van der Waals surface area contributed by atoms with Gasteiger partial charge in [0.2, 0.25) is 5.95 Å². The summed E-state index contributed by atoms with van der Waals surface area (Å²) in [7, 11) is -3.96. The number of terminal acetylenes is 1. The molecule has 2 aromatic heterocycles. The summed E-state index contributed by atoms with van der Waals surface area (Å²) in [5.74, 6) is -3.86. The maximum absolute atomic E-state index is 13.1. The number of esters is 2. The smallest absolute Gasteiger partial charge is 0.480 e. The number of hydrogen-bond acceptors (Lipinski definition) is 16. The van der Waals surface area contributed by atoms with Crippen LogP contribution in [0.15, 0.2) is 77.7 Å². The van der Waals surface area contributed by atoms with Crippen molar-refractivity contribution in [2.24, 2.45) is 0 Å². The first-order chi connectivity index (χ1) is 27.7. The summed E-state index contributed by atoms with van der Waals surface area (Å²) in [6.07, 6.45) is 7.54. The van der Waals surface area contributed by atoms with Crippen LogP contribution in [0.4, 0.5) is 11.6 Å². The molecule has 2 atom stereocenters. The third kappa shape index (κ3) is 11.5. The van der Waals surface area contributed by atoms with E-state index >= 15 is 0 Å². The van der Waals surface area contributed by atoms with E-state index in [1.54, 1.807) is 50.3 Å². The highest BCUT2D eigenvalue weighted by Gasteiger charge is 2.27. The highest BCUT2D eigenvalue weighted by molar-refractivity contribution is 7.48. The van der Waals surface area contributed by atoms with Crippen LogP contribution >= 0.6 is 7.82 Å². The van der Waals surface area contributed by atoms with Gasteiger partial charge in [-0.05, 0) is 79.9 Å². The third-order valence-corrected chi connectivity index (χ3v) is 9.26. The SMILES string of the molecule is C#COP(=O)(OCC)OCc1ccc(OC(=O)c2ccc(C)cc2OC(=O)CC[C@H](NC(=O)c2ccc(NCc3cnc4[nH]c(N)nc(=O)c4n3)cc2)C(=O)O)cc1. The number of ether oxygens (including phenoxy) is 2. The van der Waals surface area contributed by atoms with Crippen molar-refractivity contribution in [2.75, 3.05) is 17.7 Å². The molecular formula is C38H36N7O12P. The second-order valence-electron chi connectivity index (χ2n) is 12.2. The summed E-state index contributed by atoms with van der Waals surface area (Å²) in [6, 6.07) is 15.1. The number of nitrogens with zero attached hydrogens (tertiary/aromatic N) is 3. The minimum atomic E-state index is -3.96. The number of carboxylic acids is 1. The largest absolute Gasteiger partial charge is 0.538 e. The molecule has 5 aromatic rings. The molecule has 19 nitrogen and oxygen atoms in total. The van der Waals surface area contributed by atoms with Gasteiger partial charge >= 0.3 is 31.3 Å². The van der Waals surface area contributed by atoms with Gasteiger partial charge < -0.3 is 40.5 Å². The summed E-state index contributed by atoms with van der Waals surface area (Å²) in [5.41, 5.74) is 7.41. The topological polar surface area (TPSA) is 273 Å². The highest BCUT2D eigenvalue weighted by Crippen LogP contribution is 2.49. The zero-order valence-electron chi connectivity index (χ0n) is 30.9. The first kappa shape index (κ1) is 42.0. The molecule has 1 amide bonds. The maximum atomic E-state index is 13.1. The van der Waals surface area contributed by atoms with Crippen LogP contribution in [0.2, 0.25) is 0 Å². The van der Waals surface area contributed by atoms with E-state index < -0.39 is 49.7 Å². The van der Waals surface area contributed by atoms with Gasteiger partial charge in [0.05, 0.1) is 31.6 Å². The Morgan fingerprint density at radius 3 is 2.45 bits per heavy atom. The minimum Gasteiger partial charge on any atom is -0.480 e. The molecule has 2 heterocycles. The Bertz CT molecular complexity index is 2470. The van der Waals surface area contributed by atoms with Gasteiger partial charge in [-0.2, -0.15) is 4.98 Å². The number of amides is 1. The number of carbonyl (C=O) groups excluding carboxylic acids is 3. The van der Waals surface area contributed by atoms with Crippen molar-refractivity contribution in [1.29, 1.82) is 0 Å². The summed E-state index contributed by atoms with van der Waals surface area (Å²) < 4.78 is 38.2. The van der Waals surface area contributed by atoms with Crippen LogP contribution in [0.1, 0.15) is 57.3 Å². The number of anilines is 2. The molecule has 20 heteroatoms. The Kier molecular flexibility index (Phi) is 13.9. The minimum absolute atomic E-state index is 0.0259. The number of aromatic amines is 1. The predicted octanol–water partition coefficient (Wildman–Crippen LogP) is 4.27. The van der Waals surface area contributed by atoms with Crippen LogP contribution < -0.4 is 31.4 Å². The zero-order valence-corrected chi connectivity index (χ0v) is 31.8. The Labute approximate surface area is 329 Å². The molecule has 0 radical (unpaired) electrons. The molecule has 0 bridgehead atoms. The molecule has 0 aliphatic carbocycles. The van der Waals surface area contributed by atoms with E-state index in [9.17, 15) is 33.6 Å². The number of phosphoric ester groups is 1. The lowest BCUT2D eigenvalue weighted by Gasteiger charge is -2.15. The van der Waals surface area contributed by atoms with Gasteiger partial charge in [-0.3, -0.25) is 23.4 Å². The predicted molar refractivity (Wildman–Crippen MR) is 206 cm³/mol. The van der Waals surface area contributed by atoms with Crippen molar-refractivity contribution in [1.82, 2.24) is 25.3 Å². The molecule has 58 heavy (non-hydrogen) atoms. The van der Waals surface area contributed by atoms with Crippen LogP contribution in [0.25, 0.3) is 11.2 Å². The Morgan fingerprint density at radius 1 is 1.02 bits per heavy atom. The van der Waals surface area contributed by atoms with Gasteiger partial charge in [0.15, 0.2) is 11.2 Å². The normalized spacial score (nSPS) is 12.4. The monoisotopic (exact) mass is 813 g/mol. The molecule has 3 aromatic carbocycles. The Morgan fingerprint density at radius 2 is 1.76 bits per heavy atom. The van der Waals surface area contributed by atoms with Crippen LogP contribution in [-0.2, 0) is 40.9 Å². The maximum Gasteiger partial charge on any atom is 0.538 e. The number of phosphoric acid groups is 1. The summed E-state index contributed by atoms with van der Waals surface area (Å²) in [5, 5.41) is 15.3. The molecule has 0 spiro atoms. The number of nitrogen functional groups attached to an aromatic ring is 1.